The van der Waals surface area contributed by atoms with Gasteiger partial charge in [0, 0.05) is 17.4 Å². The van der Waals surface area contributed by atoms with E-state index in [0.29, 0.717) is 17.0 Å². The molecule has 1 N–H and O–H groups in total. The molecule has 3 aromatic rings. The Bertz CT molecular complexity index is 1140. The van der Waals surface area contributed by atoms with Gasteiger partial charge in [-0.2, -0.15) is 0 Å². The van der Waals surface area contributed by atoms with Gasteiger partial charge >= 0.3 is 0 Å². The Morgan fingerprint density at radius 2 is 1.77 bits per heavy atom. The van der Waals surface area contributed by atoms with Gasteiger partial charge in [-0.3, -0.25) is 19.5 Å². The Balaban J connectivity index is 1.79. The van der Waals surface area contributed by atoms with Gasteiger partial charge in [0.15, 0.2) is 0 Å². The molecule has 2 heterocycles. The molecule has 0 fully saturated rings. The summed E-state index contributed by atoms with van der Waals surface area (Å²) in [5, 5.41) is 3.17. The van der Waals surface area contributed by atoms with Crippen molar-refractivity contribution in [2.45, 2.75) is 13.5 Å². The zero-order valence-electron chi connectivity index (χ0n) is 16.8. The Hall–Kier alpha value is -3.93. The molecule has 4 rings (SSSR count). The first-order valence-corrected chi connectivity index (χ1v) is 9.56. The van der Waals surface area contributed by atoms with Crippen LogP contribution in [-0.4, -0.2) is 28.8 Å². The molecular weight excluding hydrogens is 378 g/mol. The zero-order valence-corrected chi connectivity index (χ0v) is 16.8. The van der Waals surface area contributed by atoms with E-state index in [0.717, 1.165) is 11.3 Å². The van der Waals surface area contributed by atoms with Crippen molar-refractivity contribution in [3.05, 3.63) is 95.4 Å². The standard InChI is InChI=1S/C24H21N3O3/c1-16-8-7-10-17(14-16)26-22-21(19-11-3-4-12-20(19)30-2)23(28)27(24(22)29)15-18-9-5-6-13-25-18/h3-14,26H,15H2,1-2H3. The molecular formula is C24H21N3O3. The van der Waals surface area contributed by atoms with Gasteiger partial charge in [-0.15, -0.1) is 0 Å². The number of carbonyl (C=O) groups is 2. The molecule has 0 bridgehead atoms. The maximum atomic E-state index is 13.4. The Morgan fingerprint density at radius 3 is 2.50 bits per heavy atom. The molecule has 2 aromatic carbocycles. The third-order valence-electron chi connectivity index (χ3n) is 4.88. The van der Waals surface area contributed by atoms with E-state index in [1.807, 2.05) is 49.4 Å². The van der Waals surface area contributed by atoms with Crippen molar-refractivity contribution in [2.75, 3.05) is 12.4 Å². The number of nitrogens with one attached hydrogen (secondary N) is 1. The number of aromatic nitrogens is 1. The fourth-order valence-corrected chi connectivity index (χ4v) is 3.46. The molecule has 0 saturated heterocycles. The Morgan fingerprint density at radius 1 is 0.967 bits per heavy atom. The van der Waals surface area contributed by atoms with Crippen LogP contribution in [0.25, 0.3) is 5.57 Å². The second-order valence-corrected chi connectivity index (χ2v) is 6.96. The van der Waals surface area contributed by atoms with Crippen LogP contribution in [-0.2, 0) is 16.1 Å². The summed E-state index contributed by atoms with van der Waals surface area (Å²) in [5.41, 5.74) is 3.49. The number of pyridine rings is 1. The Kier molecular flexibility index (Phi) is 5.30. The van der Waals surface area contributed by atoms with Gasteiger partial charge in [0.2, 0.25) is 0 Å². The highest BCUT2D eigenvalue weighted by molar-refractivity contribution is 6.36. The van der Waals surface area contributed by atoms with Crippen LogP contribution in [0.2, 0.25) is 0 Å². The van der Waals surface area contributed by atoms with Gasteiger partial charge in [0.05, 0.1) is 24.9 Å². The summed E-state index contributed by atoms with van der Waals surface area (Å²) >= 11 is 0. The third kappa shape index (κ3) is 3.67. The van der Waals surface area contributed by atoms with Crippen LogP contribution in [0.3, 0.4) is 0 Å². The first-order chi connectivity index (χ1) is 14.6. The van der Waals surface area contributed by atoms with Gasteiger partial charge in [-0.25, -0.2) is 0 Å². The van der Waals surface area contributed by atoms with Crippen molar-refractivity contribution in [1.82, 2.24) is 9.88 Å². The van der Waals surface area contributed by atoms with E-state index >= 15 is 0 Å². The number of nitrogens with zero attached hydrogens (tertiary/aromatic N) is 2. The highest BCUT2D eigenvalue weighted by Crippen LogP contribution is 2.35. The van der Waals surface area contributed by atoms with Gasteiger partial charge in [-0.1, -0.05) is 36.4 Å². The molecule has 0 saturated carbocycles. The molecule has 0 aliphatic carbocycles. The van der Waals surface area contributed by atoms with Gasteiger partial charge < -0.3 is 10.1 Å². The van der Waals surface area contributed by atoms with Gasteiger partial charge in [-0.05, 0) is 42.8 Å². The lowest BCUT2D eigenvalue weighted by Gasteiger charge is -2.15. The van der Waals surface area contributed by atoms with Crippen molar-refractivity contribution in [2.24, 2.45) is 0 Å². The lowest BCUT2D eigenvalue weighted by molar-refractivity contribution is -0.137. The molecule has 0 unspecified atom stereocenters. The van der Waals surface area contributed by atoms with Crippen LogP contribution in [0.1, 0.15) is 16.8 Å². The average molecular weight is 399 g/mol. The summed E-state index contributed by atoms with van der Waals surface area (Å²) in [6.07, 6.45) is 1.64. The lowest BCUT2D eigenvalue weighted by Crippen LogP contribution is -2.32. The summed E-state index contributed by atoms with van der Waals surface area (Å²) in [6.45, 7) is 2.06. The fourth-order valence-electron chi connectivity index (χ4n) is 3.46. The summed E-state index contributed by atoms with van der Waals surface area (Å²) < 4.78 is 5.46. The van der Waals surface area contributed by atoms with E-state index in [-0.39, 0.29) is 23.7 Å². The number of aryl methyl sites for hydroxylation is 1. The van der Waals surface area contributed by atoms with Crippen LogP contribution in [0.15, 0.2) is 78.6 Å². The minimum absolute atomic E-state index is 0.0934. The molecule has 6 nitrogen and oxygen atoms in total. The first kappa shape index (κ1) is 19.4. The number of hydrogen-bond donors (Lipinski definition) is 1. The molecule has 2 amide bonds. The number of amides is 2. The van der Waals surface area contributed by atoms with Crippen molar-refractivity contribution >= 4 is 23.1 Å². The fraction of sp³-hybridized carbons (Fsp3) is 0.125. The smallest absolute Gasteiger partial charge is 0.278 e. The number of rotatable bonds is 6. The largest absolute Gasteiger partial charge is 0.496 e. The number of para-hydroxylation sites is 1. The summed E-state index contributed by atoms with van der Waals surface area (Å²) in [6, 6.07) is 20.2. The minimum atomic E-state index is -0.395. The molecule has 0 radical (unpaired) electrons. The molecule has 30 heavy (non-hydrogen) atoms. The first-order valence-electron chi connectivity index (χ1n) is 9.56. The van der Waals surface area contributed by atoms with Crippen molar-refractivity contribution in [3.8, 4) is 5.75 Å². The number of imide groups is 1. The van der Waals surface area contributed by atoms with E-state index in [9.17, 15) is 9.59 Å². The maximum Gasteiger partial charge on any atom is 0.278 e. The molecule has 150 valence electrons. The zero-order chi connectivity index (χ0) is 21.1. The van der Waals surface area contributed by atoms with Crippen LogP contribution < -0.4 is 10.1 Å². The lowest BCUT2D eigenvalue weighted by atomic mass is 10.0. The predicted octanol–water partition coefficient (Wildman–Crippen LogP) is 3.79. The van der Waals surface area contributed by atoms with Crippen molar-refractivity contribution in [1.29, 1.82) is 0 Å². The molecule has 0 atom stereocenters. The quantitative estimate of drug-likeness (QED) is 0.639. The van der Waals surface area contributed by atoms with Crippen LogP contribution in [0.4, 0.5) is 5.69 Å². The number of carbonyl (C=O) groups excluding carboxylic acids is 2. The van der Waals surface area contributed by atoms with Gasteiger partial charge in [0.1, 0.15) is 11.4 Å². The maximum absolute atomic E-state index is 13.4. The molecule has 0 spiro atoms. The number of hydrogen-bond acceptors (Lipinski definition) is 5. The SMILES string of the molecule is COc1ccccc1C1=C(Nc2cccc(C)c2)C(=O)N(Cc2ccccn2)C1=O. The van der Waals surface area contributed by atoms with E-state index in [2.05, 4.69) is 10.3 Å². The normalized spacial score (nSPS) is 13.7. The molecule has 6 heteroatoms. The predicted molar refractivity (Wildman–Crippen MR) is 115 cm³/mol. The Labute approximate surface area is 174 Å². The van der Waals surface area contributed by atoms with E-state index in [1.54, 1.807) is 37.6 Å². The highest BCUT2D eigenvalue weighted by atomic mass is 16.5. The summed E-state index contributed by atoms with van der Waals surface area (Å²) in [7, 11) is 1.54. The van der Waals surface area contributed by atoms with Crippen LogP contribution in [0.5, 0.6) is 5.75 Å². The monoisotopic (exact) mass is 399 g/mol. The highest BCUT2D eigenvalue weighted by Gasteiger charge is 2.40. The van der Waals surface area contributed by atoms with E-state index in [1.165, 1.54) is 4.90 Å². The van der Waals surface area contributed by atoms with E-state index in [4.69, 9.17) is 4.74 Å². The summed E-state index contributed by atoms with van der Waals surface area (Å²) in [4.78, 5) is 32.2. The number of methoxy groups -OCH3 is 1. The topological polar surface area (TPSA) is 71.5 Å². The van der Waals surface area contributed by atoms with Crippen molar-refractivity contribution in [3.63, 3.8) is 0 Å². The summed E-state index contributed by atoms with van der Waals surface area (Å²) in [5.74, 6) is -0.254. The van der Waals surface area contributed by atoms with Crippen molar-refractivity contribution < 1.29 is 14.3 Å². The second-order valence-electron chi connectivity index (χ2n) is 6.96. The van der Waals surface area contributed by atoms with Crippen LogP contribution >= 0.6 is 0 Å². The van der Waals surface area contributed by atoms with Crippen LogP contribution in [0, 0.1) is 6.92 Å². The third-order valence-corrected chi connectivity index (χ3v) is 4.88. The number of anilines is 1. The second kappa shape index (κ2) is 8.21. The van der Waals surface area contributed by atoms with E-state index < -0.39 is 5.91 Å². The van der Waals surface area contributed by atoms with Gasteiger partial charge in [0.25, 0.3) is 11.8 Å². The minimum Gasteiger partial charge on any atom is -0.496 e. The molecule has 1 aliphatic heterocycles. The average Bonchev–Trinajstić information content (AvgIpc) is 2.98. The number of benzene rings is 2. The molecule has 1 aromatic heterocycles. The number of ether oxygens (including phenoxy) is 1. The molecule has 1 aliphatic rings.